The maximum absolute atomic E-state index is 12.8. The molecule has 11 heteroatoms. The van der Waals surface area contributed by atoms with E-state index in [1.807, 2.05) is 48.0 Å². The van der Waals surface area contributed by atoms with E-state index in [1.54, 1.807) is 23.8 Å². The van der Waals surface area contributed by atoms with Crippen molar-refractivity contribution in [3.05, 3.63) is 76.5 Å². The van der Waals surface area contributed by atoms with Gasteiger partial charge in [-0.1, -0.05) is 24.3 Å². The summed E-state index contributed by atoms with van der Waals surface area (Å²) in [6, 6.07) is 14.9. The van der Waals surface area contributed by atoms with Gasteiger partial charge in [-0.15, -0.1) is 0 Å². The smallest absolute Gasteiger partial charge is 0.274 e. The third kappa shape index (κ3) is 5.03. The molecule has 1 unspecified atom stereocenters. The fraction of sp³-hybridized carbons (Fsp3) is 0.357. The first-order valence-electron chi connectivity index (χ1n) is 13.1. The Labute approximate surface area is 224 Å². The first-order chi connectivity index (χ1) is 19.0. The van der Waals surface area contributed by atoms with Crippen LogP contribution in [0.5, 0.6) is 5.75 Å². The van der Waals surface area contributed by atoms with Crippen LogP contribution in [0, 0.1) is 0 Å². The average Bonchev–Trinajstić information content (AvgIpc) is 3.39. The number of ether oxygens (including phenoxy) is 2. The van der Waals surface area contributed by atoms with E-state index in [0.29, 0.717) is 35.6 Å². The Bertz CT molecular complexity index is 1520. The fourth-order valence-electron chi connectivity index (χ4n) is 5.18. The van der Waals surface area contributed by atoms with Crippen LogP contribution < -0.4 is 15.8 Å². The van der Waals surface area contributed by atoms with Crippen LogP contribution in [0.3, 0.4) is 0 Å². The summed E-state index contributed by atoms with van der Waals surface area (Å²) in [4.78, 5) is 34.3. The van der Waals surface area contributed by atoms with Crippen molar-refractivity contribution in [2.45, 2.75) is 38.0 Å². The van der Waals surface area contributed by atoms with Gasteiger partial charge in [-0.3, -0.25) is 19.7 Å². The number of rotatable bonds is 7. The number of hydrogen-bond acceptors (Lipinski definition) is 8. The van der Waals surface area contributed by atoms with Gasteiger partial charge in [0.15, 0.2) is 5.65 Å². The van der Waals surface area contributed by atoms with E-state index < -0.39 is 5.91 Å². The minimum Gasteiger partial charge on any atom is -0.488 e. The summed E-state index contributed by atoms with van der Waals surface area (Å²) in [5.74, 6) is 0.866. The number of fused-ring (bicyclic) bond motifs is 1. The number of benzene rings is 2. The Kier molecular flexibility index (Phi) is 6.86. The second kappa shape index (κ2) is 10.6. The summed E-state index contributed by atoms with van der Waals surface area (Å²) >= 11 is 0. The van der Waals surface area contributed by atoms with Crippen molar-refractivity contribution in [1.29, 1.82) is 0 Å². The lowest BCUT2D eigenvalue weighted by Gasteiger charge is -2.42. The second-order valence-electron chi connectivity index (χ2n) is 10.0. The summed E-state index contributed by atoms with van der Waals surface area (Å²) in [5, 5.41) is 13.8. The van der Waals surface area contributed by atoms with Gasteiger partial charge in [-0.2, -0.15) is 5.10 Å². The Balaban J connectivity index is 1.08. The number of likely N-dealkylation sites (tertiary alicyclic amines) is 1. The second-order valence-corrected chi connectivity index (χ2v) is 10.0. The fourth-order valence-corrected chi connectivity index (χ4v) is 5.18. The van der Waals surface area contributed by atoms with Gasteiger partial charge in [0.25, 0.3) is 11.5 Å². The van der Waals surface area contributed by atoms with Crippen LogP contribution in [0.15, 0.2) is 59.5 Å². The van der Waals surface area contributed by atoms with Gasteiger partial charge in [0.1, 0.15) is 23.1 Å². The number of nitrogens with one attached hydrogen (secondary N) is 2. The van der Waals surface area contributed by atoms with Crippen LogP contribution in [0.1, 0.15) is 48.0 Å². The first-order valence-corrected chi connectivity index (χ1v) is 13.1. The molecule has 0 spiro atoms. The first kappa shape index (κ1) is 25.2. The van der Waals surface area contributed by atoms with E-state index >= 15 is 0 Å². The number of amides is 1. The Morgan fingerprint density at radius 1 is 1.10 bits per heavy atom. The van der Waals surface area contributed by atoms with Crippen molar-refractivity contribution >= 4 is 16.9 Å². The minimum atomic E-state index is -0.543. The van der Waals surface area contributed by atoms with Gasteiger partial charge in [0.05, 0.1) is 18.3 Å². The number of hydroxylamine groups is 1. The summed E-state index contributed by atoms with van der Waals surface area (Å²) < 4.78 is 13.5. The molecule has 2 fully saturated rings. The standard InChI is InChI=1S/C28H30N6O5/c1-17(25-30-26-24(28(36)31-25)14-29-34(26)21-10-12-38-13-11-21)33-15-23(16-33)39-22-8-6-19(7-9-22)18-2-4-20(5-3-18)27(35)32-37/h2-9,14,17,21,23,37H,10-13,15-16H2,1H3,(H,32,35)(H,30,31,36). The molecule has 202 valence electrons. The highest BCUT2D eigenvalue weighted by atomic mass is 16.5. The zero-order valence-corrected chi connectivity index (χ0v) is 21.5. The van der Waals surface area contributed by atoms with Crippen LogP contribution in [0.4, 0.5) is 0 Å². The van der Waals surface area contributed by atoms with E-state index in [2.05, 4.69) is 15.0 Å². The maximum atomic E-state index is 12.8. The molecule has 2 aliphatic rings. The quantitative estimate of drug-likeness (QED) is 0.245. The molecule has 11 nitrogen and oxygen atoms in total. The number of aromatic nitrogens is 4. The molecule has 3 N–H and O–H groups in total. The molecule has 2 aromatic carbocycles. The normalized spacial score (nSPS) is 17.6. The molecular formula is C28H30N6O5. The summed E-state index contributed by atoms with van der Waals surface area (Å²) in [5.41, 5.74) is 4.43. The molecule has 1 atom stereocenters. The van der Waals surface area contributed by atoms with Gasteiger partial charge in [-0.25, -0.2) is 15.1 Å². The lowest BCUT2D eigenvalue weighted by atomic mass is 10.0. The molecule has 0 saturated carbocycles. The van der Waals surface area contributed by atoms with E-state index in [0.717, 1.165) is 42.8 Å². The van der Waals surface area contributed by atoms with Gasteiger partial charge >= 0.3 is 0 Å². The van der Waals surface area contributed by atoms with Gasteiger partial charge in [-0.05, 0) is 55.2 Å². The number of nitrogens with zero attached hydrogens (tertiary/aromatic N) is 4. The zero-order chi connectivity index (χ0) is 26.9. The predicted molar refractivity (Wildman–Crippen MR) is 143 cm³/mol. The van der Waals surface area contributed by atoms with Crippen molar-refractivity contribution < 1.29 is 19.5 Å². The van der Waals surface area contributed by atoms with Crippen LogP contribution in [0.25, 0.3) is 22.2 Å². The van der Waals surface area contributed by atoms with Crippen molar-refractivity contribution in [1.82, 2.24) is 30.1 Å². The van der Waals surface area contributed by atoms with Crippen LogP contribution in [-0.2, 0) is 4.74 Å². The minimum absolute atomic E-state index is 0.0396. The van der Waals surface area contributed by atoms with Crippen LogP contribution in [-0.4, -0.2) is 68.2 Å². The van der Waals surface area contributed by atoms with Crippen molar-refractivity contribution in [3.8, 4) is 16.9 Å². The Morgan fingerprint density at radius 3 is 2.44 bits per heavy atom. The number of aromatic amines is 1. The summed E-state index contributed by atoms with van der Waals surface area (Å²) in [6.07, 6.45) is 3.36. The number of carbonyl (C=O) groups is 1. The molecule has 39 heavy (non-hydrogen) atoms. The zero-order valence-electron chi connectivity index (χ0n) is 21.5. The van der Waals surface area contributed by atoms with Crippen LogP contribution in [0.2, 0.25) is 0 Å². The summed E-state index contributed by atoms with van der Waals surface area (Å²) in [6.45, 7) is 4.86. The molecular weight excluding hydrogens is 500 g/mol. The third-order valence-corrected chi connectivity index (χ3v) is 7.58. The number of hydrogen-bond donors (Lipinski definition) is 3. The van der Waals surface area contributed by atoms with Gasteiger partial charge in [0.2, 0.25) is 0 Å². The number of H-pyrrole nitrogens is 1. The van der Waals surface area contributed by atoms with Crippen molar-refractivity contribution in [2.24, 2.45) is 0 Å². The highest BCUT2D eigenvalue weighted by Gasteiger charge is 2.34. The predicted octanol–water partition coefficient (Wildman–Crippen LogP) is 3.08. The van der Waals surface area contributed by atoms with Gasteiger partial charge in [0, 0.05) is 31.9 Å². The van der Waals surface area contributed by atoms with Crippen molar-refractivity contribution in [2.75, 3.05) is 26.3 Å². The highest BCUT2D eigenvalue weighted by molar-refractivity contribution is 5.93. The molecule has 0 aliphatic carbocycles. The Hall–Kier alpha value is -4.06. The lowest BCUT2D eigenvalue weighted by Crippen LogP contribution is -2.54. The number of carbonyl (C=O) groups excluding carboxylic acids is 1. The molecule has 6 rings (SSSR count). The topological polar surface area (TPSA) is 135 Å². The van der Waals surface area contributed by atoms with Crippen molar-refractivity contribution in [3.63, 3.8) is 0 Å². The molecule has 4 aromatic rings. The molecule has 2 aliphatic heterocycles. The lowest BCUT2D eigenvalue weighted by molar-refractivity contribution is -0.00735. The highest BCUT2D eigenvalue weighted by Crippen LogP contribution is 2.29. The molecule has 0 radical (unpaired) electrons. The van der Waals surface area contributed by atoms with Gasteiger partial charge < -0.3 is 14.5 Å². The largest absolute Gasteiger partial charge is 0.488 e. The molecule has 0 bridgehead atoms. The van der Waals surface area contributed by atoms with E-state index in [4.69, 9.17) is 19.7 Å². The SMILES string of the molecule is CC(c1nc2c(cnn2C2CCOCC2)c(=O)[nH]1)N1CC(Oc2ccc(-c3ccc(C(=O)NO)cc3)cc2)C1. The van der Waals surface area contributed by atoms with E-state index in [1.165, 1.54) is 0 Å². The molecule has 4 heterocycles. The Morgan fingerprint density at radius 2 is 1.77 bits per heavy atom. The monoisotopic (exact) mass is 530 g/mol. The average molecular weight is 531 g/mol. The molecule has 2 saturated heterocycles. The van der Waals surface area contributed by atoms with Crippen LogP contribution >= 0.6 is 0 Å². The molecule has 1 amide bonds. The molecule has 2 aromatic heterocycles. The third-order valence-electron chi connectivity index (χ3n) is 7.58. The maximum Gasteiger partial charge on any atom is 0.274 e. The van der Waals surface area contributed by atoms with E-state index in [9.17, 15) is 9.59 Å². The summed E-state index contributed by atoms with van der Waals surface area (Å²) in [7, 11) is 0. The van der Waals surface area contributed by atoms with E-state index in [-0.39, 0.29) is 23.7 Å².